The molecule has 8 nitrogen and oxygen atoms in total. The predicted octanol–water partition coefficient (Wildman–Crippen LogP) is 6.02. The molecule has 5 rings (SSSR count). The first-order valence-electron chi connectivity index (χ1n) is 12.1. The van der Waals surface area contributed by atoms with Crippen molar-refractivity contribution in [3.8, 4) is 17.0 Å². The van der Waals surface area contributed by atoms with Crippen LogP contribution < -0.4 is 19.9 Å². The van der Waals surface area contributed by atoms with Crippen LogP contribution in [0.1, 0.15) is 25.3 Å². The van der Waals surface area contributed by atoms with E-state index >= 15 is 0 Å². The minimum Gasteiger partial charge on any atom is -0.491 e. The molecule has 1 fully saturated rings. The topological polar surface area (TPSA) is 90.8 Å². The summed E-state index contributed by atoms with van der Waals surface area (Å²) in [6, 6.07) is 8.92. The normalized spacial score (nSPS) is 16.8. The standard InChI is InChI=1S/C26H25ClF3N5O3.ClH/c1-2-18(36)14-38-19-6-8-31-22(11-19)32-25(37)35-17-7-9-34(13-17)21-12-20(27)23(33-24(21)35)15-4-3-5-16(10-15)26(28,29)30;/h3-6,8,10-12,17-18,36H,2,7,9,13-14H2,1H3,(H,31,32,37);1H/t17-,18+;/m0./s1. The van der Waals surface area contributed by atoms with E-state index in [2.05, 4.69) is 20.2 Å². The van der Waals surface area contributed by atoms with Crippen LogP contribution in [-0.4, -0.2) is 52.9 Å². The summed E-state index contributed by atoms with van der Waals surface area (Å²) < 4.78 is 45.6. The van der Waals surface area contributed by atoms with E-state index in [0.717, 1.165) is 12.1 Å². The zero-order valence-corrected chi connectivity index (χ0v) is 22.4. The number of urea groups is 1. The second-order valence-electron chi connectivity index (χ2n) is 9.18. The lowest BCUT2D eigenvalue weighted by atomic mass is 10.1. The summed E-state index contributed by atoms with van der Waals surface area (Å²) in [5.41, 5.74) is 0.165. The first-order chi connectivity index (χ1) is 18.1. The zero-order chi connectivity index (χ0) is 27.0. The lowest BCUT2D eigenvalue weighted by Crippen LogP contribution is -2.48. The van der Waals surface area contributed by atoms with Crippen LogP contribution in [0.2, 0.25) is 5.02 Å². The number of alkyl halides is 3. The van der Waals surface area contributed by atoms with Crippen LogP contribution in [-0.2, 0) is 6.18 Å². The summed E-state index contributed by atoms with van der Waals surface area (Å²) in [5, 5.41) is 12.7. The van der Waals surface area contributed by atoms with Gasteiger partial charge in [0.25, 0.3) is 0 Å². The molecule has 39 heavy (non-hydrogen) atoms. The van der Waals surface area contributed by atoms with Gasteiger partial charge in [-0.2, -0.15) is 13.2 Å². The molecular formula is C26H26Cl2F3N5O3. The van der Waals surface area contributed by atoms with Crippen LogP contribution in [0.4, 0.5) is 35.3 Å². The number of hydrogen-bond donors (Lipinski definition) is 2. The fraction of sp³-hybridized carbons (Fsp3) is 0.346. The average Bonchev–Trinajstić information content (AvgIpc) is 3.31. The Morgan fingerprint density at radius 2 is 2.08 bits per heavy atom. The van der Waals surface area contributed by atoms with Crippen molar-refractivity contribution in [3.05, 3.63) is 59.2 Å². The lowest BCUT2D eigenvalue weighted by Gasteiger charge is -2.36. The Morgan fingerprint density at radius 3 is 2.82 bits per heavy atom. The Hall–Kier alpha value is -3.28. The predicted molar refractivity (Wildman–Crippen MR) is 145 cm³/mol. The van der Waals surface area contributed by atoms with Gasteiger partial charge in [0.05, 0.1) is 34.1 Å². The maximum atomic E-state index is 13.5. The number of anilines is 3. The molecule has 2 aliphatic rings. The number of amides is 2. The molecule has 1 aromatic carbocycles. The number of aliphatic hydroxyl groups excluding tert-OH is 1. The van der Waals surface area contributed by atoms with E-state index in [4.69, 9.17) is 16.3 Å². The molecule has 13 heteroatoms. The van der Waals surface area contributed by atoms with E-state index in [-0.39, 0.29) is 47.2 Å². The van der Waals surface area contributed by atoms with Gasteiger partial charge in [0.15, 0.2) is 5.82 Å². The zero-order valence-electron chi connectivity index (χ0n) is 20.8. The van der Waals surface area contributed by atoms with Gasteiger partial charge in [0.2, 0.25) is 0 Å². The largest absolute Gasteiger partial charge is 0.491 e. The molecule has 0 radical (unpaired) electrons. The SMILES string of the molecule is CC[C@@H](O)COc1ccnc(NC(=O)N2c3nc(-c4cccc(C(F)(F)F)c4)c(Cl)cc3N3CC[C@H]2C3)c1.Cl. The van der Waals surface area contributed by atoms with Crippen molar-refractivity contribution in [2.75, 3.05) is 34.8 Å². The van der Waals surface area contributed by atoms with Crippen LogP contribution >= 0.6 is 24.0 Å². The maximum absolute atomic E-state index is 13.5. The summed E-state index contributed by atoms with van der Waals surface area (Å²) in [4.78, 5) is 25.9. The molecule has 2 N–H and O–H groups in total. The second-order valence-corrected chi connectivity index (χ2v) is 9.59. The monoisotopic (exact) mass is 583 g/mol. The summed E-state index contributed by atoms with van der Waals surface area (Å²) in [5.74, 6) is 0.990. The van der Waals surface area contributed by atoms with Crippen LogP contribution in [0.3, 0.4) is 0 Å². The van der Waals surface area contributed by atoms with Crippen LogP contribution in [0.5, 0.6) is 5.75 Å². The summed E-state index contributed by atoms with van der Waals surface area (Å²) >= 11 is 6.50. The number of aliphatic hydroxyl groups is 1. The Balaban J connectivity index is 0.00000353. The third kappa shape index (κ3) is 6.00. The van der Waals surface area contributed by atoms with Crippen molar-refractivity contribution >= 4 is 47.4 Å². The quantitative estimate of drug-likeness (QED) is 0.369. The Labute approximate surface area is 234 Å². The van der Waals surface area contributed by atoms with E-state index < -0.39 is 23.9 Å². The molecule has 2 atom stereocenters. The molecule has 2 bridgehead atoms. The summed E-state index contributed by atoms with van der Waals surface area (Å²) in [7, 11) is 0. The van der Waals surface area contributed by atoms with Crippen molar-refractivity contribution in [1.82, 2.24) is 9.97 Å². The van der Waals surface area contributed by atoms with E-state index in [1.54, 1.807) is 18.2 Å². The maximum Gasteiger partial charge on any atom is 0.416 e. The van der Waals surface area contributed by atoms with Gasteiger partial charge in [0, 0.05) is 30.9 Å². The van der Waals surface area contributed by atoms with E-state index in [0.29, 0.717) is 43.2 Å². The van der Waals surface area contributed by atoms with Gasteiger partial charge in [-0.3, -0.25) is 10.2 Å². The van der Waals surface area contributed by atoms with Gasteiger partial charge >= 0.3 is 12.2 Å². The average molecular weight is 584 g/mol. The van der Waals surface area contributed by atoms with Crippen LogP contribution in [0.25, 0.3) is 11.3 Å². The highest BCUT2D eigenvalue weighted by Gasteiger charge is 2.41. The summed E-state index contributed by atoms with van der Waals surface area (Å²) in [6.45, 7) is 3.21. The van der Waals surface area contributed by atoms with Gasteiger partial charge < -0.3 is 14.7 Å². The van der Waals surface area contributed by atoms with Crippen molar-refractivity contribution in [2.24, 2.45) is 0 Å². The number of carbonyl (C=O) groups excluding carboxylic acids is 1. The van der Waals surface area contributed by atoms with E-state index in [1.807, 2.05) is 6.92 Å². The number of ether oxygens (including phenoxy) is 1. The molecular weight excluding hydrogens is 558 g/mol. The van der Waals surface area contributed by atoms with Crippen molar-refractivity contribution in [1.29, 1.82) is 0 Å². The number of benzene rings is 1. The van der Waals surface area contributed by atoms with Crippen molar-refractivity contribution in [2.45, 2.75) is 38.1 Å². The number of nitrogens with one attached hydrogen (secondary N) is 1. The molecule has 208 valence electrons. The molecule has 2 amide bonds. The Bertz CT molecular complexity index is 1360. The number of fused-ring (bicyclic) bond motifs is 4. The molecule has 1 saturated heterocycles. The first kappa shape index (κ1) is 28.7. The van der Waals surface area contributed by atoms with Gasteiger partial charge in [-0.25, -0.2) is 14.8 Å². The molecule has 0 unspecified atom stereocenters. The number of carbonyl (C=O) groups is 1. The molecule has 2 aliphatic heterocycles. The van der Waals surface area contributed by atoms with Crippen molar-refractivity contribution < 1.29 is 27.8 Å². The summed E-state index contributed by atoms with van der Waals surface area (Å²) in [6.07, 6.45) is -2.42. The molecule has 0 saturated carbocycles. The van der Waals surface area contributed by atoms with Gasteiger partial charge in [-0.1, -0.05) is 30.7 Å². The number of halogens is 5. The number of hydrogen-bond acceptors (Lipinski definition) is 6. The highest BCUT2D eigenvalue weighted by molar-refractivity contribution is 6.33. The fourth-order valence-corrected chi connectivity index (χ4v) is 4.84. The van der Waals surface area contributed by atoms with Gasteiger partial charge in [-0.15, -0.1) is 12.4 Å². The highest BCUT2D eigenvalue weighted by atomic mass is 35.5. The highest BCUT2D eigenvalue weighted by Crippen LogP contribution is 2.43. The first-order valence-corrected chi connectivity index (χ1v) is 12.5. The third-order valence-corrected chi connectivity index (χ3v) is 6.88. The van der Waals surface area contributed by atoms with Gasteiger partial charge in [0.1, 0.15) is 18.2 Å². The molecule has 4 heterocycles. The molecule has 2 aromatic heterocycles. The molecule has 0 spiro atoms. The number of aromatic nitrogens is 2. The van der Waals surface area contributed by atoms with E-state index in [9.17, 15) is 23.1 Å². The number of nitrogens with zero attached hydrogens (tertiary/aromatic N) is 4. The second kappa shape index (κ2) is 11.4. The smallest absolute Gasteiger partial charge is 0.416 e. The Morgan fingerprint density at radius 1 is 1.28 bits per heavy atom. The Kier molecular flexibility index (Phi) is 8.43. The third-order valence-electron chi connectivity index (χ3n) is 6.60. The lowest BCUT2D eigenvalue weighted by molar-refractivity contribution is -0.137. The van der Waals surface area contributed by atoms with Crippen LogP contribution in [0, 0.1) is 0 Å². The number of rotatable bonds is 6. The fourth-order valence-electron chi connectivity index (χ4n) is 4.58. The van der Waals surface area contributed by atoms with Gasteiger partial charge in [-0.05, 0) is 37.1 Å². The molecule has 3 aromatic rings. The minimum atomic E-state index is -4.52. The molecule has 0 aliphatic carbocycles. The van der Waals surface area contributed by atoms with Crippen molar-refractivity contribution in [3.63, 3.8) is 0 Å². The number of pyridine rings is 2. The minimum absolute atomic E-state index is 0. The van der Waals surface area contributed by atoms with E-state index in [1.165, 1.54) is 23.2 Å². The van der Waals surface area contributed by atoms with Crippen LogP contribution in [0.15, 0.2) is 48.7 Å².